The highest BCUT2D eigenvalue weighted by Crippen LogP contribution is 2.32. The summed E-state index contributed by atoms with van der Waals surface area (Å²) in [5.41, 5.74) is 2.35. The smallest absolute Gasteiger partial charge is 0.225 e. The molecule has 4 heteroatoms. The highest BCUT2D eigenvalue weighted by molar-refractivity contribution is 5.82. The number of hydrogen-bond acceptors (Lipinski definition) is 2. The van der Waals surface area contributed by atoms with E-state index in [9.17, 15) is 9.59 Å². The predicted octanol–water partition coefficient (Wildman–Crippen LogP) is 2.26. The van der Waals surface area contributed by atoms with E-state index in [0.717, 1.165) is 44.3 Å². The van der Waals surface area contributed by atoms with Gasteiger partial charge in [-0.15, -0.1) is 0 Å². The highest BCUT2D eigenvalue weighted by Gasteiger charge is 2.35. The molecule has 2 amide bonds. The number of amides is 2. The van der Waals surface area contributed by atoms with E-state index in [1.165, 1.54) is 5.56 Å². The van der Waals surface area contributed by atoms with Crippen molar-refractivity contribution in [1.29, 1.82) is 0 Å². The van der Waals surface area contributed by atoms with Crippen molar-refractivity contribution in [2.24, 2.45) is 11.8 Å². The molecule has 0 aromatic heterocycles. The average molecular weight is 300 g/mol. The molecule has 1 aliphatic carbocycles. The third kappa shape index (κ3) is 3.67. The lowest BCUT2D eigenvalue weighted by molar-refractivity contribution is -0.136. The Labute approximate surface area is 131 Å². The van der Waals surface area contributed by atoms with E-state index in [4.69, 9.17) is 0 Å². The van der Waals surface area contributed by atoms with E-state index < -0.39 is 0 Å². The summed E-state index contributed by atoms with van der Waals surface area (Å²) in [6.07, 6.45) is 3.68. The average Bonchev–Trinajstić information content (AvgIpc) is 3.38. The molecule has 0 bridgehead atoms. The van der Waals surface area contributed by atoms with Gasteiger partial charge in [0.1, 0.15) is 0 Å². The Balaban J connectivity index is 1.43. The Bertz CT molecular complexity index is 541. The molecule has 1 saturated carbocycles. The van der Waals surface area contributed by atoms with Gasteiger partial charge in [-0.3, -0.25) is 9.59 Å². The largest absolute Gasteiger partial charge is 0.352 e. The maximum atomic E-state index is 12.2. The first-order valence-electron chi connectivity index (χ1n) is 8.25. The van der Waals surface area contributed by atoms with E-state index in [0.29, 0.717) is 12.5 Å². The number of nitrogens with zero attached hydrogens (tertiary/aromatic N) is 1. The second-order valence-corrected chi connectivity index (χ2v) is 6.58. The molecule has 1 aliphatic heterocycles. The van der Waals surface area contributed by atoms with Crippen LogP contribution in [0.15, 0.2) is 24.3 Å². The Morgan fingerprint density at radius 1 is 1.05 bits per heavy atom. The number of hydrogen-bond donors (Lipinski definition) is 1. The van der Waals surface area contributed by atoms with Gasteiger partial charge in [0.25, 0.3) is 0 Å². The number of carbonyl (C=O) groups is 2. The lowest BCUT2D eigenvalue weighted by atomic mass is 9.95. The van der Waals surface area contributed by atoms with Crippen LogP contribution < -0.4 is 5.32 Å². The summed E-state index contributed by atoms with van der Waals surface area (Å²) < 4.78 is 0. The van der Waals surface area contributed by atoms with Crippen molar-refractivity contribution in [2.45, 2.75) is 39.2 Å². The molecular weight excluding hydrogens is 276 g/mol. The van der Waals surface area contributed by atoms with Gasteiger partial charge in [-0.25, -0.2) is 0 Å². The molecular formula is C18H24N2O2. The molecule has 0 atom stereocenters. The van der Waals surface area contributed by atoms with Crippen LogP contribution in [0.4, 0.5) is 0 Å². The Kier molecular flexibility index (Phi) is 4.46. The van der Waals surface area contributed by atoms with Crippen molar-refractivity contribution in [2.75, 3.05) is 13.1 Å². The maximum Gasteiger partial charge on any atom is 0.225 e. The summed E-state index contributed by atoms with van der Waals surface area (Å²) in [7, 11) is 0. The van der Waals surface area contributed by atoms with Gasteiger partial charge in [-0.1, -0.05) is 29.8 Å². The van der Waals surface area contributed by atoms with Crippen LogP contribution in [0.25, 0.3) is 0 Å². The van der Waals surface area contributed by atoms with Crippen LogP contribution >= 0.6 is 0 Å². The van der Waals surface area contributed by atoms with Gasteiger partial charge in [0, 0.05) is 31.5 Å². The number of carbonyl (C=O) groups excluding carboxylic acids is 2. The summed E-state index contributed by atoms with van der Waals surface area (Å²) in [5, 5.41) is 3.02. The zero-order chi connectivity index (χ0) is 15.5. The van der Waals surface area contributed by atoms with E-state index in [1.807, 2.05) is 17.0 Å². The van der Waals surface area contributed by atoms with Crippen LogP contribution in [-0.4, -0.2) is 29.8 Å². The van der Waals surface area contributed by atoms with E-state index >= 15 is 0 Å². The van der Waals surface area contributed by atoms with Crippen molar-refractivity contribution in [3.8, 4) is 0 Å². The van der Waals surface area contributed by atoms with Crippen molar-refractivity contribution in [3.63, 3.8) is 0 Å². The predicted molar refractivity (Wildman–Crippen MR) is 85.1 cm³/mol. The van der Waals surface area contributed by atoms with Crippen LogP contribution in [0.1, 0.15) is 36.8 Å². The summed E-state index contributed by atoms with van der Waals surface area (Å²) in [6.45, 7) is 4.11. The maximum absolute atomic E-state index is 12.2. The van der Waals surface area contributed by atoms with Gasteiger partial charge in [0.15, 0.2) is 0 Å². The molecule has 2 aliphatic rings. The van der Waals surface area contributed by atoms with Crippen LogP contribution in [0.3, 0.4) is 0 Å². The van der Waals surface area contributed by atoms with Crippen LogP contribution in [0.5, 0.6) is 0 Å². The monoisotopic (exact) mass is 300 g/mol. The topological polar surface area (TPSA) is 49.4 Å². The fourth-order valence-corrected chi connectivity index (χ4v) is 2.99. The molecule has 22 heavy (non-hydrogen) atoms. The van der Waals surface area contributed by atoms with Crippen LogP contribution in [0, 0.1) is 18.8 Å². The third-order valence-corrected chi connectivity index (χ3v) is 4.69. The SMILES string of the molecule is Cc1ccc(CNC(=O)C2CCN(C(=O)C3CC3)CC2)cc1. The molecule has 2 fully saturated rings. The normalized spacial score (nSPS) is 19.0. The number of benzene rings is 1. The van der Waals surface area contributed by atoms with Crippen LogP contribution in [-0.2, 0) is 16.1 Å². The van der Waals surface area contributed by atoms with E-state index in [-0.39, 0.29) is 17.7 Å². The standard InChI is InChI=1S/C18H24N2O2/c1-13-2-4-14(5-3-13)12-19-17(21)15-8-10-20(11-9-15)18(22)16-6-7-16/h2-5,15-16H,6-12H2,1H3,(H,19,21). The lowest BCUT2D eigenvalue weighted by Crippen LogP contribution is -2.43. The quantitative estimate of drug-likeness (QED) is 0.927. The first-order chi connectivity index (χ1) is 10.6. The first-order valence-corrected chi connectivity index (χ1v) is 8.25. The Morgan fingerprint density at radius 3 is 2.27 bits per heavy atom. The van der Waals surface area contributed by atoms with Gasteiger partial charge in [-0.2, -0.15) is 0 Å². The molecule has 3 rings (SSSR count). The summed E-state index contributed by atoms with van der Waals surface area (Å²) in [5.74, 6) is 0.762. The minimum absolute atomic E-state index is 0.0497. The van der Waals surface area contributed by atoms with Crippen molar-refractivity contribution in [3.05, 3.63) is 35.4 Å². The summed E-state index contributed by atoms with van der Waals surface area (Å²) in [4.78, 5) is 26.2. The van der Waals surface area contributed by atoms with Crippen molar-refractivity contribution < 1.29 is 9.59 Å². The summed E-state index contributed by atoms with van der Waals surface area (Å²) >= 11 is 0. The molecule has 118 valence electrons. The van der Waals surface area contributed by atoms with Gasteiger partial charge in [0.2, 0.25) is 11.8 Å². The van der Waals surface area contributed by atoms with Gasteiger partial charge >= 0.3 is 0 Å². The molecule has 0 spiro atoms. The van der Waals surface area contributed by atoms with E-state index in [2.05, 4.69) is 24.4 Å². The third-order valence-electron chi connectivity index (χ3n) is 4.69. The zero-order valence-electron chi connectivity index (χ0n) is 13.2. The second kappa shape index (κ2) is 6.51. The summed E-state index contributed by atoms with van der Waals surface area (Å²) in [6, 6.07) is 8.21. The minimum atomic E-state index is 0.0497. The Morgan fingerprint density at radius 2 is 1.68 bits per heavy atom. The molecule has 1 saturated heterocycles. The zero-order valence-corrected chi connectivity index (χ0v) is 13.2. The van der Waals surface area contributed by atoms with Gasteiger partial charge in [-0.05, 0) is 38.2 Å². The van der Waals surface area contributed by atoms with E-state index in [1.54, 1.807) is 0 Å². The fraction of sp³-hybridized carbons (Fsp3) is 0.556. The molecule has 0 radical (unpaired) electrons. The molecule has 1 N–H and O–H groups in total. The minimum Gasteiger partial charge on any atom is -0.352 e. The number of nitrogens with one attached hydrogen (secondary N) is 1. The van der Waals surface area contributed by atoms with Gasteiger partial charge in [0.05, 0.1) is 0 Å². The molecule has 1 aromatic carbocycles. The fourth-order valence-electron chi connectivity index (χ4n) is 2.99. The molecule has 4 nitrogen and oxygen atoms in total. The second-order valence-electron chi connectivity index (χ2n) is 6.58. The van der Waals surface area contributed by atoms with Gasteiger partial charge < -0.3 is 10.2 Å². The first kappa shape index (κ1) is 15.1. The number of aryl methyl sites for hydroxylation is 1. The number of rotatable bonds is 4. The molecule has 0 unspecified atom stereocenters. The number of piperidine rings is 1. The molecule has 1 heterocycles. The van der Waals surface area contributed by atoms with Crippen LogP contribution in [0.2, 0.25) is 0 Å². The molecule has 1 aromatic rings. The van der Waals surface area contributed by atoms with Crippen molar-refractivity contribution >= 4 is 11.8 Å². The number of likely N-dealkylation sites (tertiary alicyclic amines) is 1. The lowest BCUT2D eigenvalue weighted by Gasteiger charge is -2.31. The van der Waals surface area contributed by atoms with Crippen molar-refractivity contribution in [1.82, 2.24) is 10.2 Å². The Hall–Kier alpha value is -1.84. The highest BCUT2D eigenvalue weighted by atomic mass is 16.2.